The molecule has 0 bridgehead atoms. The maximum Gasteiger partial charge on any atom is 0.320 e. The third-order valence-corrected chi connectivity index (χ3v) is 3.54. The maximum absolute atomic E-state index is 12.0. The molecule has 1 fully saturated rings. The molecule has 4 heteroatoms. The molecule has 4 nitrogen and oxygen atoms in total. The molecule has 0 aliphatic carbocycles. The lowest BCUT2D eigenvalue weighted by molar-refractivity contribution is 0.192. The fraction of sp³-hybridized carbons (Fsp3) is 0.500. The fourth-order valence-electron chi connectivity index (χ4n) is 2.44. The lowest BCUT2D eigenvalue weighted by Gasteiger charge is -2.22. The van der Waals surface area contributed by atoms with Gasteiger partial charge in [0.15, 0.2) is 0 Å². The van der Waals surface area contributed by atoms with E-state index >= 15 is 0 Å². The van der Waals surface area contributed by atoms with Gasteiger partial charge in [-0.3, -0.25) is 0 Å². The van der Waals surface area contributed by atoms with E-state index in [1.807, 2.05) is 11.9 Å². The van der Waals surface area contributed by atoms with E-state index in [9.17, 15) is 4.79 Å². The Kier molecular flexibility index (Phi) is 3.87. The minimum absolute atomic E-state index is 0.0741. The van der Waals surface area contributed by atoms with Gasteiger partial charge >= 0.3 is 6.03 Å². The highest BCUT2D eigenvalue weighted by molar-refractivity contribution is 5.77. The first-order valence-electron chi connectivity index (χ1n) is 6.48. The molecule has 1 aromatic carbocycles. The molecule has 0 spiro atoms. The van der Waals surface area contributed by atoms with Crippen molar-refractivity contribution in [3.05, 3.63) is 35.4 Å². The van der Waals surface area contributed by atoms with Crippen LogP contribution in [0.15, 0.2) is 24.3 Å². The molecule has 1 aliphatic heterocycles. The predicted molar refractivity (Wildman–Crippen MR) is 72.3 cm³/mol. The summed E-state index contributed by atoms with van der Waals surface area (Å²) in [5.41, 5.74) is 8.10. The van der Waals surface area contributed by atoms with Gasteiger partial charge < -0.3 is 15.5 Å². The lowest BCUT2D eigenvalue weighted by atomic mass is 10.0. The number of urea groups is 1. The number of nitrogens with zero attached hydrogens (tertiary/aromatic N) is 2. The molecule has 0 aromatic heterocycles. The van der Waals surface area contributed by atoms with Gasteiger partial charge in [-0.2, -0.15) is 0 Å². The highest BCUT2D eigenvalue weighted by atomic mass is 16.2. The first kappa shape index (κ1) is 12.9. The summed E-state index contributed by atoms with van der Waals surface area (Å²) >= 11 is 0. The topological polar surface area (TPSA) is 49.6 Å². The van der Waals surface area contributed by atoms with Gasteiger partial charge in [0.2, 0.25) is 0 Å². The van der Waals surface area contributed by atoms with E-state index < -0.39 is 0 Å². The Bertz CT molecular complexity index is 416. The SMILES string of the molecule is CCc1ccc(C2CN(C)C(=O)N2CCN)cc1. The van der Waals surface area contributed by atoms with Crippen molar-refractivity contribution < 1.29 is 4.79 Å². The van der Waals surface area contributed by atoms with Crippen molar-refractivity contribution in [3.63, 3.8) is 0 Å². The number of benzene rings is 1. The van der Waals surface area contributed by atoms with Crippen LogP contribution in [0.3, 0.4) is 0 Å². The normalized spacial score (nSPS) is 19.7. The van der Waals surface area contributed by atoms with Gasteiger partial charge in [-0.15, -0.1) is 0 Å². The molecule has 18 heavy (non-hydrogen) atoms. The molecule has 2 rings (SSSR count). The summed E-state index contributed by atoms with van der Waals surface area (Å²) in [5, 5.41) is 0. The number of amides is 2. The van der Waals surface area contributed by atoms with E-state index in [0.717, 1.165) is 13.0 Å². The second-order valence-corrected chi connectivity index (χ2v) is 4.76. The lowest BCUT2D eigenvalue weighted by Crippen LogP contribution is -2.34. The molecule has 1 aliphatic rings. The number of carbonyl (C=O) groups excluding carboxylic acids is 1. The molecule has 1 atom stereocenters. The van der Waals surface area contributed by atoms with Crippen molar-refractivity contribution in [2.45, 2.75) is 19.4 Å². The van der Waals surface area contributed by atoms with Crippen LogP contribution >= 0.6 is 0 Å². The second kappa shape index (κ2) is 5.40. The molecule has 1 saturated heterocycles. The molecule has 0 radical (unpaired) electrons. The van der Waals surface area contributed by atoms with Crippen molar-refractivity contribution in [1.29, 1.82) is 0 Å². The highest BCUT2D eigenvalue weighted by Gasteiger charge is 2.35. The summed E-state index contributed by atoms with van der Waals surface area (Å²) in [5.74, 6) is 0. The molecular weight excluding hydrogens is 226 g/mol. The number of rotatable bonds is 4. The summed E-state index contributed by atoms with van der Waals surface area (Å²) in [6.07, 6.45) is 1.04. The number of hydrogen-bond donors (Lipinski definition) is 1. The Morgan fingerprint density at radius 2 is 2.00 bits per heavy atom. The number of carbonyl (C=O) groups is 1. The van der Waals surface area contributed by atoms with Gasteiger partial charge in [0.25, 0.3) is 0 Å². The molecule has 98 valence electrons. The van der Waals surface area contributed by atoms with Crippen molar-refractivity contribution >= 4 is 6.03 Å². The van der Waals surface area contributed by atoms with E-state index in [0.29, 0.717) is 13.1 Å². The molecular formula is C14H21N3O. The van der Waals surface area contributed by atoms with E-state index in [1.54, 1.807) is 4.90 Å². The van der Waals surface area contributed by atoms with Crippen LogP contribution in [-0.2, 0) is 6.42 Å². The Morgan fingerprint density at radius 1 is 1.33 bits per heavy atom. The molecule has 2 N–H and O–H groups in total. The number of aryl methyl sites for hydroxylation is 1. The Balaban J connectivity index is 2.22. The average Bonchev–Trinajstić information content (AvgIpc) is 2.68. The Hall–Kier alpha value is -1.55. The van der Waals surface area contributed by atoms with Crippen LogP contribution < -0.4 is 5.73 Å². The first-order valence-corrected chi connectivity index (χ1v) is 6.48. The van der Waals surface area contributed by atoms with Crippen LogP contribution in [0.1, 0.15) is 24.1 Å². The third-order valence-electron chi connectivity index (χ3n) is 3.54. The third kappa shape index (κ3) is 2.34. The maximum atomic E-state index is 12.0. The zero-order valence-corrected chi connectivity index (χ0v) is 11.1. The molecule has 1 heterocycles. The summed E-state index contributed by atoms with van der Waals surface area (Å²) < 4.78 is 0. The van der Waals surface area contributed by atoms with Gasteiger partial charge in [-0.1, -0.05) is 31.2 Å². The standard InChI is InChI=1S/C14H21N3O/c1-3-11-4-6-12(7-5-11)13-10-16(2)14(18)17(13)9-8-15/h4-7,13H,3,8-10,15H2,1-2H3. The molecule has 1 aromatic rings. The summed E-state index contributed by atoms with van der Waals surface area (Å²) in [4.78, 5) is 15.6. The first-order chi connectivity index (χ1) is 8.67. The monoisotopic (exact) mass is 247 g/mol. The second-order valence-electron chi connectivity index (χ2n) is 4.76. The van der Waals surface area contributed by atoms with E-state index in [2.05, 4.69) is 31.2 Å². The quantitative estimate of drug-likeness (QED) is 0.879. The van der Waals surface area contributed by atoms with E-state index in [1.165, 1.54) is 11.1 Å². The van der Waals surface area contributed by atoms with Gasteiger partial charge in [-0.25, -0.2) is 4.79 Å². The van der Waals surface area contributed by atoms with Gasteiger partial charge in [0.1, 0.15) is 0 Å². The van der Waals surface area contributed by atoms with Gasteiger partial charge in [0.05, 0.1) is 6.04 Å². The number of nitrogens with two attached hydrogens (primary N) is 1. The van der Waals surface area contributed by atoms with Crippen LogP contribution in [0.25, 0.3) is 0 Å². The van der Waals surface area contributed by atoms with Crippen molar-refractivity contribution in [3.8, 4) is 0 Å². The van der Waals surface area contributed by atoms with Gasteiger partial charge in [0, 0.05) is 26.7 Å². The molecule has 2 amide bonds. The van der Waals surface area contributed by atoms with Crippen molar-refractivity contribution in [2.24, 2.45) is 5.73 Å². The molecule has 0 saturated carbocycles. The minimum atomic E-state index is 0.0741. The van der Waals surface area contributed by atoms with Crippen LogP contribution in [-0.4, -0.2) is 42.5 Å². The Morgan fingerprint density at radius 3 is 2.56 bits per heavy atom. The van der Waals surface area contributed by atoms with Crippen LogP contribution in [0.4, 0.5) is 4.79 Å². The zero-order chi connectivity index (χ0) is 13.1. The Labute approximate surface area is 108 Å². The minimum Gasteiger partial charge on any atom is -0.329 e. The van der Waals surface area contributed by atoms with E-state index in [4.69, 9.17) is 5.73 Å². The summed E-state index contributed by atoms with van der Waals surface area (Å²) in [7, 11) is 1.84. The summed E-state index contributed by atoms with van der Waals surface area (Å²) in [6.45, 7) is 4.00. The van der Waals surface area contributed by atoms with E-state index in [-0.39, 0.29) is 12.1 Å². The van der Waals surface area contributed by atoms with Crippen LogP contribution in [0, 0.1) is 0 Å². The van der Waals surface area contributed by atoms with Crippen molar-refractivity contribution in [2.75, 3.05) is 26.7 Å². The van der Waals surface area contributed by atoms with Gasteiger partial charge in [-0.05, 0) is 17.5 Å². The van der Waals surface area contributed by atoms with Crippen LogP contribution in [0.5, 0.6) is 0 Å². The summed E-state index contributed by atoms with van der Waals surface area (Å²) in [6, 6.07) is 8.73. The largest absolute Gasteiger partial charge is 0.329 e. The predicted octanol–water partition coefficient (Wildman–Crippen LogP) is 1.62. The average molecular weight is 247 g/mol. The van der Waals surface area contributed by atoms with Crippen LogP contribution in [0.2, 0.25) is 0 Å². The number of likely N-dealkylation sites (N-methyl/N-ethyl adjacent to an activating group) is 1. The smallest absolute Gasteiger partial charge is 0.320 e. The molecule has 1 unspecified atom stereocenters. The highest BCUT2D eigenvalue weighted by Crippen LogP contribution is 2.28. The number of hydrogen-bond acceptors (Lipinski definition) is 2. The zero-order valence-electron chi connectivity index (χ0n) is 11.1. The fourth-order valence-corrected chi connectivity index (χ4v) is 2.44. The van der Waals surface area contributed by atoms with Crippen molar-refractivity contribution in [1.82, 2.24) is 9.80 Å².